The summed E-state index contributed by atoms with van der Waals surface area (Å²) >= 11 is 0. The van der Waals surface area contributed by atoms with Gasteiger partial charge in [-0.2, -0.15) is 0 Å². The fourth-order valence-corrected chi connectivity index (χ4v) is 0.962. The molecular weight excluding hydrogens is 172 g/mol. The Labute approximate surface area is 75.3 Å². The lowest BCUT2D eigenvalue weighted by Crippen LogP contribution is -2.14. The summed E-state index contributed by atoms with van der Waals surface area (Å²) in [5, 5.41) is 2.49. The molecule has 0 unspecified atom stereocenters. The zero-order chi connectivity index (χ0) is 9.84. The monoisotopic (exact) mass is 184 g/mol. The zero-order valence-corrected chi connectivity index (χ0v) is 7.66. The van der Waals surface area contributed by atoms with Gasteiger partial charge >= 0.3 is 5.97 Å². The third-order valence-electron chi connectivity index (χ3n) is 1.61. The summed E-state index contributed by atoms with van der Waals surface area (Å²) in [5.74, 6) is -0.573. The molecule has 0 spiro atoms. The maximum atomic E-state index is 11.1. The summed E-state index contributed by atoms with van der Waals surface area (Å²) in [6.07, 6.45) is 1.46. The van der Waals surface area contributed by atoms with Crippen molar-refractivity contribution in [3.05, 3.63) is 22.1 Å². The molecule has 0 bridgehead atoms. The molecule has 1 aromatic rings. The summed E-state index contributed by atoms with van der Waals surface area (Å²) in [6.45, 7) is 4.46. The van der Waals surface area contributed by atoms with Crippen molar-refractivity contribution in [2.24, 2.45) is 0 Å². The molecule has 0 atom stereocenters. The summed E-state index contributed by atoms with van der Waals surface area (Å²) in [4.78, 5) is 22.3. The minimum atomic E-state index is -0.573. The number of ether oxygens (including phenoxy) is 1. The molecule has 0 saturated heterocycles. The molecule has 72 valence electrons. The third-order valence-corrected chi connectivity index (χ3v) is 1.61. The second-order valence-electron chi connectivity index (χ2n) is 2.49. The second-order valence-corrected chi connectivity index (χ2v) is 2.49. The first-order valence-electron chi connectivity index (χ1n) is 4.15. The highest BCUT2D eigenvalue weighted by Gasteiger charge is 2.13. The highest BCUT2D eigenvalue weighted by atomic mass is 16.5. The number of esters is 1. The number of carbonyl (C=O) groups is 1. The van der Waals surface area contributed by atoms with E-state index in [1.54, 1.807) is 6.92 Å². The van der Waals surface area contributed by atoms with Crippen LogP contribution in [0.1, 0.15) is 24.2 Å². The third kappa shape index (κ3) is 1.99. The summed E-state index contributed by atoms with van der Waals surface area (Å²) in [6, 6.07) is 0. The first-order valence-corrected chi connectivity index (χ1v) is 4.15. The van der Waals surface area contributed by atoms with Crippen LogP contribution >= 0.6 is 0 Å². The number of hydrogen-bond donors (Lipinski definition) is 1. The number of aromatic nitrogens is 2. The van der Waals surface area contributed by atoms with Gasteiger partial charge in [0.25, 0.3) is 5.56 Å². The summed E-state index contributed by atoms with van der Waals surface area (Å²) < 4.78 is 6.23. The molecule has 0 aromatic carbocycles. The Balaban J connectivity index is 2.94. The van der Waals surface area contributed by atoms with Gasteiger partial charge in [-0.15, -0.1) is 0 Å². The molecule has 0 amide bonds. The van der Waals surface area contributed by atoms with E-state index >= 15 is 0 Å². The predicted molar refractivity (Wildman–Crippen MR) is 46.7 cm³/mol. The van der Waals surface area contributed by atoms with Gasteiger partial charge in [-0.3, -0.25) is 14.6 Å². The van der Waals surface area contributed by atoms with Crippen LogP contribution < -0.4 is 5.56 Å². The van der Waals surface area contributed by atoms with Crippen molar-refractivity contribution >= 4 is 5.97 Å². The maximum Gasteiger partial charge on any atom is 0.345 e. The van der Waals surface area contributed by atoms with E-state index in [2.05, 4.69) is 5.10 Å². The highest BCUT2D eigenvalue weighted by Crippen LogP contribution is 1.94. The van der Waals surface area contributed by atoms with E-state index in [9.17, 15) is 9.59 Å². The minimum Gasteiger partial charge on any atom is -0.462 e. The Hall–Kier alpha value is -1.52. The molecule has 1 N–H and O–H groups in total. The van der Waals surface area contributed by atoms with Gasteiger partial charge in [-0.1, -0.05) is 0 Å². The van der Waals surface area contributed by atoms with E-state index in [1.807, 2.05) is 6.92 Å². The first kappa shape index (κ1) is 9.57. The molecule has 13 heavy (non-hydrogen) atoms. The lowest BCUT2D eigenvalue weighted by Gasteiger charge is -1.95. The first-order chi connectivity index (χ1) is 6.19. The standard InChI is InChI=1S/C8H12N2O3/c1-3-10-5-6(7(11)9-10)8(12)13-4-2/h5H,3-4H2,1-2H3,(H,9,11). The Morgan fingerprint density at radius 2 is 2.31 bits per heavy atom. The molecule has 0 fully saturated rings. The van der Waals surface area contributed by atoms with Crippen molar-refractivity contribution in [1.82, 2.24) is 9.78 Å². The van der Waals surface area contributed by atoms with E-state index in [0.717, 1.165) is 0 Å². The smallest absolute Gasteiger partial charge is 0.345 e. The zero-order valence-electron chi connectivity index (χ0n) is 7.66. The van der Waals surface area contributed by atoms with Crippen molar-refractivity contribution in [3.63, 3.8) is 0 Å². The van der Waals surface area contributed by atoms with Gasteiger partial charge in [0.05, 0.1) is 6.61 Å². The number of nitrogens with one attached hydrogen (secondary N) is 1. The summed E-state index contributed by atoms with van der Waals surface area (Å²) in [5.41, 5.74) is -0.344. The van der Waals surface area contributed by atoms with Gasteiger partial charge in [-0.25, -0.2) is 4.79 Å². The minimum absolute atomic E-state index is 0.0590. The number of rotatable bonds is 3. The number of carbonyl (C=O) groups excluding carboxylic acids is 1. The van der Waals surface area contributed by atoms with Gasteiger partial charge in [0.2, 0.25) is 0 Å². The number of H-pyrrole nitrogens is 1. The van der Waals surface area contributed by atoms with Crippen molar-refractivity contribution < 1.29 is 9.53 Å². The summed E-state index contributed by atoms with van der Waals surface area (Å²) in [7, 11) is 0. The fraction of sp³-hybridized carbons (Fsp3) is 0.500. The average Bonchev–Trinajstić information content (AvgIpc) is 2.47. The fourth-order valence-electron chi connectivity index (χ4n) is 0.962. The van der Waals surface area contributed by atoms with Crippen LogP contribution in [0.4, 0.5) is 0 Å². The highest BCUT2D eigenvalue weighted by molar-refractivity contribution is 5.88. The molecule has 1 aromatic heterocycles. The lowest BCUT2D eigenvalue weighted by molar-refractivity contribution is 0.0525. The molecule has 0 aliphatic rings. The molecule has 0 radical (unpaired) electrons. The molecular formula is C8H12N2O3. The molecule has 5 heteroatoms. The van der Waals surface area contributed by atoms with Crippen LogP contribution in [0.25, 0.3) is 0 Å². The lowest BCUT2D eigenvalue weighted by atomic mass is 10.4. The SMILES string of the molecule is CCOC(=O)c1cn(CC)[nH]c1=O. The topological polar surface area (TPSA) is 64.1 Å². The van der Waals surface area contributed by atoms with Crippen LogP contribution in [-0.4, -0.2) is 22.4 Å². The molecule has 0 aliphatic carbocycles. The van der Waals surface area contributed by atoms with Crippen LogP contribution in [0.3, 0.4) is 0 Å². The molecule has 0 aliphatic heterocycles. The Bertz CT molecular complexity index is 351. The van der Waals surface area contributed by atoms with Gasteiger partial charge < -0.3 is 4.74 Å². The van der Waals surface area contributed by atoms with Gasteiger partial charge in [0.1, 0.15) is 5.56 Å². The van der Waals surface area contributed by atoms with E-state index in [1.165, 1.54) is 10.9 Å². The van der Waals surface area contributed by atoms with E-state index < -0.39 is 11.5 Å². The van der Waals surface area contributed by atoms with Crippen LogP contribution in [-0.2, 0) is 11.3 Å². The van der Waals surface area contributed by atoms with Crippen molar-refractivity contribution in [3.8, 4) is 0 Å². The van der Waals surface area contributed by atoms with Crippen molar-refractivity contribution in [1.29, 1.82) is 0 Å². The van der Waals surface area contributed by atoms with E-state index in [4.69, 9.17) is 4.74 Å². The molecule has 5 nitrogen and oxygen atoms in total. The number of nitrogens with zero attached hydrogens (tertiary/aromatic N) is 1. The van der Waals surface area contributed by atoms with Crippen LogP contribution in [0, 0.1) is 0 Å². The Kier molecular flexibility index (Phi) is 2.89. The van der Waals surface area contributed by atoms with Crippen LogP contribution in [0.15, 0.2) is 11.0 Å². The number of aryl methyl sites for hydroxylation is 1. The average molecular weight is 184 g/mol. The largest absolute Gasteiger partial charge is 0.462 e. The maximum absolute atomic E-state index is 11.1. The predicted octanol–water partition coefficient (Wildman–Crippen LogP) is 0.373. The quantitative estimate of drug-likeness (QED) is 0.690. The van der Waals surface area contributed by atoms with Crippen LogP contribution in [0.5, 0.6) is 0 Å². The Morgan fingerprint density at radius 1 is 1.62 bits per heavy atom. The van der Waals surface area contributed by atoms with Gasteiger partial charge in [0.15, 0.2) is 0 Å². The molecule has 1 rings (SSSR count). The normalized spacial score (nSPS) is 10.0. The molecule has 0 saturated carbocycles. The second kappa shape index (κ2) is 3.93. The van der Waals surface area contributed by atoms with Crippen LogP contribution in [0.2, 0.25) is 0 Å². The van der Waals surface area contributed by atoms with E-state index in [-0.39, 0.29) is 12.2 Å². The number of aromatic amines is 1. The van der Waals surface area contributed by atoms with Gasteiger partial charge in [-0.05, 0) is 13.8 Å². The van der Waals surface area contributed by atoms with E-state index in [0.29, 0.717) is 6.54 Å². The van der Waals surface area contributed by atoms with Crippen molar-refractivity contribution in [2.45, 2.75) is 20.4 Å². The Morgan fingerprint density at radius 3 is 2.77 bits per heavy atom. The molecule has 1 heterocycles. The number of hydrogen-bond acceptors (Lipinski definition) is 3. The van der Waals surface area contributed by atoms with Gasteiger partial charge in [0, 0.05) is 12.7 Å². The van der Waals surface area contributed by atoms with Crippen molar-refractivity contribution in [2.75, 3.05) is 6.61 Å².